The van der Waals surface area contributed by atoms with Crippen LogP contribution in [0.4, 0.5) is 11.6 Å². The van der Waals surface area contributed by atoms with Gasteiger partial charge in [-0.3, -0.25) is 4.68 Å². The van der Waals surface area contributed by atoms with Crippen LogP contribution in [0, 0.1) is 0 Å². The van der Waals surface area contributed by atoms with E-state index in [9.17, 15) is 0 Å². The first kappa shape index (κ1) is 10.5. The van der Waals surface area contributed by atoms with Gasteiger partial charge in [-0.2, -0.15) is 10.1 Å². The van der Waals surface area contributed by atoms with E-state index in [1.165, 1.54) is 0 Å². The molecule has 1 N–H and O–H groups in total. The summed E-state index contributed by atoms with van der Waals surface area (Å²) < 4.78 is 7.04. The SMILES string of the molecule is CCOc1cccc(Nc2ccn(C)n2)n1. The molecule has 0 saturated heterocycles. The second-order valence-corrected chi connectivity index (χ2v) is 3.29. The maximum Gasteiger partial charge on any atom is 0.215 e. The Morgan fingerprint density at radius 1 is 1.31 bits per heavy atom. The van der Waals surface area contributed by atoms with Crippen molar-refractivity contribution in [3.05, 3.63) is 30.5 Å². The van der Waals surface area contributed by atoms with E-state index in [0.717, 1.165) is 11.6 Å². The molecule has 2 heterocycles. The molecule has 84 valence electrons. The molecule has 0 saturated carbocycles. The summed E-state index contributed by atoms with van der Waals surface area (Å²) in [4.78, 5) is 4.28. The number of nitrogens with zero attached hydrogens (tertiary/aromatic N) is 3. The monoisotopic (exact) mass is 218 g/mol. The summed E-state index contributed by atoms with van der Waals surface area (Å²) in [6, 6.07) is 7.47. The van der Waals surface area contributed by atoms with E-state index < -0.39 is 0 Å². The van der Waals surface area contributed by atoms with E-state index in [0.29, 0.717) is 12.5 Å². The number of pyridine rings is 1. The summed E-state index contributed by atoms with van der Waals surface area (Å²) in [5, 5.41) is 7.31. The van der Waals surface area contributed by atoms with Crippen molar-refractivity contribution in [1.82, 2.24) is 14.8 Å². The summed E-state index contributed by atoms with van der Waals surface area (Å²) in [5.74, 6) is 2.11. The normalized spacial score (nSPS) is 10.1. The molecule has 0 aliphatic heterocycles. The standard InChI is InChI=1S/C11H14N4O/c1-3-16-11-6-4-5-9(13-11)12-10-7-8-15(2)14-10/h4-8H,3H2,1-2H3,(H,12,13,14). The number of nitrogens with one attached hydrogen (secondary N) is 1. The van der Waals surface area contributed by atoms with Gasteiger partial charge in [0.15, 0.2) is 5.82 Å². The number of hydrogen-bond acceptors (Lipinski definition) is 4. The van der Waals surface area contributed by atoms with Crippen LogP contribution in [-0.4, -0.2) is 21.4 Å². The topological polar surface area (TPSA) is 52.0 Å². The van der Waals surface area contributed by atoms with Gasteiger partial charge in [0.25, 0.3) is 0 Å². The van der Waals surface area contributed by atoms with Crippen LogP contribution in [0.15, 0.2) is 30.5 Å². The number of anilines is 2. The third-order valence-corrected chi connectivity index (χ3v) is 1.99. The number of rotatable bonds is 4. The van der Waals surface area contributed by atoms with Gasteiger partial charge in [-0.1, -0.05) is 6.07 Å². The second kappa shape index (κ2) is 4.65. The Labute approximate surface area is 94.1 Å². The molecule has 2 aromatic rings. The Morgan fingerprint density at radius 3 is 2.88 bits per heavy atom. The molecule has 0 aliphatic rings. The molecule has 0 bridgehead atoms. The highest BCUT2D eigenvalue weighted by Gasteiger charge is 2.00. The molecule has 0 amide bonds. The van der Waals surface area contributed by atoms with Crippen molar-refractivity contribution in [3.8, 4) is 5.88 Å². The van der Waals surface area contributed by atoms with Crippen LogP contribution in [0.2, 0.25) is 0 Å². The van der Waals surface area contributed by atoms with Gasteiger partial charge in [-0.15, -0.1) is 0 Å². The Bertz CT molecular complexity index is 467. The fourth-order valence-electron chi connectivity index (χ4n) is 1.33. The summed E-state index contributed by atoms with van der Waals surface area (Å²) in [7, 11) is 1.87. The summed E-state index contributed by atoms with van der Waals surface area (Å²) in [5.41, 5.74) is 0. The summed E-state index contributed by atoms with van der Waals surface area (Å²) in [6.45, 7) is 2.54. The van der Waals surface area contributed by atoms with Crippen molar-refractivity contribution in [2.24, 2.45) is 7.05 Å². The Balaban J connectivity index is 2.12. The van der Waals surface area contributed by atoms with Gasteiger partial charge in [0.1, 0.15) is 5.82 Å². The average Bonchev–Trinajstić information content (AvgIpc) is 2.65. The predicted molar refractivity (Wildman–Crippen MR) is 61.9 cm³/mol. The van der Waals surface area contributed by atoms with E-state index in [2.05, 4.69) is 15.4 Å². The second-order valence-electron chi connectivity index (χ2n) is 3.29. The van der Waals surface area contributed by atoms with Gasteiger partial charge < -0.3 is 10.1 Å². The van der Waals surface area contributed by atoms with E-state index >= 15 is 0 Å². The molecule has 0 spiro atoms. The molecule has 2 aromatic heterocycles. The molecule has 0 fully saturated rings. The Morgan fingerprint density at radius 2 is 2.19 bits per heavy atom. The Hall–Kier alpha value is -2.04. The molecular formula is C11H14N4O. The quantitative estimate of drug-likeness (QED) is 0.852. The van der Waals surface area contributed by atoms with E-state index in [1.807, 2.05) is 44.4 Å². The zero-order valence-corrected chi connectivity index (χ0v) is 9.34. The zero-order valence-electron chi connectivity index (χ0n) is 9.34. The lowest BCUT2D eigenvalue weighted by Gasteiger charge is -2.05. The molecule has 0 unspecified atom stereocenters. The van der Waals surface area contributed by atoms with Crippen molar-refractivity contribution in [2.45, 2.75) is 6.92 Å². The molecule has 0 aliphatic carbocycles. The summed E-state index contributed by atoms with van der Waals surface area (Å²) >= 11 is 0. The third-order valence-electron chi connectivity index (χ3n) is 1.99. The van der Waals surface area contributed by atoms with Crippen molar-refractivity contribution < 1.29 is 4.74 Å². The zero-order chi connectivity index (χ0) is 11.4. The molecular weight excluding hydrogens is 204 g/mol. The van der Waals surface area contributed by atoms with Gasteiger partial charge in [-0.25, -0.2) is 0 Å². The van der Waals surface area contributed by atoms with Crippen molar-refractivity contribution in [2.75, 3.05) is 11.9 Å². The smallest absolute Gasteiger partial charge is 0.215 e. The van der Waals surface area contributed by atoms with Gasteiger partial charge in [-0.05, 0) is 13.0 Å². The highest BCUT2D eigenvalue weighted by molar-refractivity contribution is 5.51. The highest BCUT2D eigenvalue weighted by Crippen LogP contribution is 2.15. The van der Waals surface area contributed by atoms with Crippen LogP contribution in [-0.2, 0) is 7.05 Å². The van der Waals surface area contributed by atoms with Gasteiger partial charge >= 0.3 is 0 Å². The van der Waals surface area contributed by atoms with Crippen LogP contribution in [0.1, 0.15) is 6.92 Å². The lowest BCUT2D eigenvalue weighted by molar-refractivity contribution is 0.327. The van der Waals surface area contributed by atoms with Crippen LogP contribution >= 0.6 is 0 Å². The molecule has 2 rings (SSSR count). The maximum atomic E-state index is 5.31. The average molecular weight is 218 g/mol. The number of aromatic nitrogens is 3. The van der Waals surface area contributed by atoms with E-state index in [4.69, 9.17) is 4.74 Å². The maximum absolute atomic E-state index is 5.31. The van der Waals surface area contributed by atoms with Crippen LogP contribution in [0.3, 0.4) is 0 Å². The molecule has 0 atom stereocenters. The first-order chi connectivity index (χ1) is 7.78. The van der Waals surface area contributed by atoms with E-state index in [1.54, 1.807) is 4.68 Å². The lowest BCUT2D eigenvalue weighted by atomic mass is 10.4. The predicted octanol–water partition coefficient (Wildman–Crippen LogP) is 1.96. The minimum atomic E-state index is 0.611. The van der Waals surface area contributed by atoms with Gasteiger partial charge in [0, 0.05) is 25.4 Å². The molecule has 5 heteroatoms. The van der Waals surface area contributed by atoms with Gasteiger partial charge in [0.2, 0.25) is 5.88 Å². The number of ether oxygens (including phenoxy) is 1. The van der Waals surface area contributed by atoms with Crippen LogP contribution in [0.25, 0.3) is 0 Å². The minimum absolute atomic E-state index is 0.611. The molecule has 16 heavy (non-hydrogen) atoms. The van der Waals surface area contributed by atoms with Crippen LogP contribution < -0.4 is 10.1 Å². The first-order valence-electron chi connectivity index (χ1n) is 5.14. The lowest BCUT2D eigenvalue weighted by Crippen LogP contribution is -1.99. The largest absolute Gasteiger partial charge is 0.478 e. The Kier molecular flexibility index (Phi) is 3.05. The third kappa shape index (κ3) is 2.50. The molecule has 0 aromatic carbocycles. The van der Waals surface area contributed by atoms with Crippen LogP contribution in [0.5, 0.6) is 5.88 Å². The number of aryl methyl sites for hydroxylation is 1. The van der Waals surface area contributed by atoms with Crippen molar-refractivity contribution >= 4 is 11.6 Å². The highest BCUT2D eigenvalue weighted by atomic mass is 16.5. The van der Waals surface area contributed by atoms with E-state index in [-0.39, 0.29) is 0 Å². The van der Waals surface area contributed by atoms with Gasteiger partial charge in [0.05, 0.1) is 6.61 Å². The summed E-state index contributed by atoms with van der Waals surface area (Å²) in [6.07, 6.45) is 1.87. The molecule has 0 radical (unpaired) electrons. The number of hydrogen-bond donors (Lipinski definition) is 1. The fraction of sp³-hybridized carbons (Fsp3) is 0.273. The van der Waals surface area contributed by atoms with Crippen molar-refractivity contribution in [1.29, 1.82) is 0 Å². The van der Waals surface area contributed by atoms with Crippen molar-refractivity contribution in [3.63, 3.8) is 0 Å². The molecule has 5 nitrogen and oxygen atoms in total. The minimum Gasteiger partial charge on any atom is -0.478 e. The fourth-order valence-corrected chi connectivity index (χ4v) is 1.33. The first-order valence-corrected chi connectivity index (χ1v) is 5.14.